The summed E-state index contributed by atoms with van der Waals surface area (Å²) in [4.78, 5) is 45.2. The maximum absolute atomic E-state index is 15.0. The zero-order chi connectivity index (χ0) is 54.5. The number of ether oxygens (including phenoxy) is 5. The molecule has 0 atom stereocenters. The van der Waals surface area contributed by atoms with Gasteiger partial charge in [0.1, 0.15) is 44.4 Å². The number of anilines is 2. The van der Waals surface area contributed by atoms with Crippen LogP contribution in [0.1, 0.15) is 53.5 Å². The Kier molecular flexibility index (Phi) is 16.8. The molecule has 12 nitrogen and oxygen atoms in total. The van der Waals surface area contributed by atoms with E-state index in [9.17, 15) is 80.2 Å². The fourth-order valence-electron chi connectivity index (χ4n) is 5.78. The number of amides is 2. The summed E-state index contributed by atoms with van der Waals surface area (Å²) in [7, 11) is 1.05. The number of aromatic nitrogens is 2. The molecule has 0 aliphatic rings. The molecule has 6 rings (SSSR count). The van der Waals surface area contributed by atoms with Gasteiger partial charge in [0, 0.05) is 35.9 Å². The first-order chi connectivity index (χ1) is 33.8. The minimum absolute atomic E-state index is 0.0827. The number of hydrogen-bond acceptors (Lipinski definition) is 10. The zero-order valence-electron chi connectivity index (χ0n) is 36.2. The molecule has 29 heteroatoms. The second kappa shape index (κ2) is 21.9. The fourth-order valence-corrected chi connectivity index (χ4v) is 6.12. The molecular weight excluding hydrogens is 1100 g/mol. The molecule has 2 heterocycles. The van der Waals surface area contributed by atoms with Crippen LogP contribution in [-0.2, 0) is 17.1 Å². The number of nitrogens with zero attached hydrogens (tertiary/aromatic N) is 2. The standard InChI is InChI=1S/C23H14F8N2O5.C21H11BrF8N2O3/c1-10-9-32-15(21(35)36-2)8-14(10)33-20(34)18-17(6-4-12(19(18)25)22(26,27)28)37-11-3-5-16(13(24)7-11)38-23(29,30)31;1-9-8-31-16(22)7-13(9)32-19(33)17-15(5-3-11(18(17)24)20(25,26)27)34-10-2-4-14(12(23)6-10)35-21(28,29)30/h3-9H,1-2H3,(H,32,33,34);2-8H,1H3,(H,31,32,33). The molecular formula is C44H25BrF16N4O8. The highest BCUT2D eigenvalue weighted by atomic mass is 79.9. The Labute approximate surface area is 405 Å². The number of benzene rings is 4. The van der Waals surface area contributed by atoms with Gasteiger partial charge in [-0.25, -0.2) is 32.3 Å². The van der Waals surface area contributed by atoms with Crippen LogP contribution >= 0.6 is 15.9 Å². The van der Waals surface area contributed by atoms with Gasteiger partial charge in [-0.2, -0.15) is 26.3 Å². The summed E-state index contributed by atoms with van der Waals surface area (Å²) in [5.41, 5.74) is -5.80. The highest BCUT2D eigenvalue weighted by Gasteiger charge is 2.40. The van der Waals surface area contributed by atoms with Gasteiger partial charge in [-0.05, 0) is 102 Å². The average molecular weight is 1120 g/mol. The topological polar surface area (TPSA) is 147 Å². The molecule has 2 N–H and O–H groups in total. The zero-order valence-corrected chi connectivity index (χ0v) is 37.8. The van der Waals surface area contributed by atoms with E-state index < -0.39 is 123 Å². The molecule has 0 bridgehead atoms. The summed E-state index contributed by atoms with van der Waals surface area (Å²) in [6.07, 6.45) is -18.3. The summed E-state index contributed by atoms with van der Waals surface area (Å²) >= 11 is 3.06. The maximum Gasteiger partial charge on any atom is 0.573 e. The summed E-state index contributed by atoms with van der Waals surface area (Å²) in [5.74, 6) is -16.0. The molecule has 0 saturated carbocycles. The van der Waals surface area contributed by atoms with Gasteiger partial charge in [0.2, 0.25) is 0 Å². The van der Waals surface area contributed by atoms with Gasteiger partial charge in [0.15, 0.2) is 34.8 Å². The molecule has 0 saturated heterocycles. The Morgan fingerprint density at radius 2 is 0.918 bits per heavy atom. The van der Waals surface area contributed by atoms with Crippen molar-refractivity contribution in [2.75, 3.05) is 17.7 Å². The molecule has 0 unspecified atom stereocenters. The van der Waals surface area contributed by atoms with Gasteiger partial charge >= 0.3 is 31.0 Å². The number of pyridine rings is 2. The van der Waals surface area contributed by atoms with Crippen LogP contribution in [0.3, 0.4) is 0 Å². The van der Waals surface area contributed by atoms with Crippen LogP contribution in [0.25, 0.3) is 0 Å². The Morgan fingerprint density at radius 3 is 1.29 bits per heavy atom. The second-order valence-corrected chi connectivity index (χ2v) is 15.0. The van der Waals surface area contributed by atoms with Crippen molar-refractivity contribution in [2.24, 2.45) is 0 Å². The maximum atomic E-state index is 15.0. The monoisotopic (exact) mass is 1120 g/mol. The number of nitrogens with one attached hydrogen (secondary N) is 2. The van der Waals surface area contributed by atoms with Gasteiger partial charge in [-0.1, -0.05) is 0 Å². The number of esters is 1. The summed E-state index contributed by atoms with van der Waals surface area (Å²) in [6.45, 7) is 2.93. The third-order valence-electron chi connectivity index (χ3n) is 9.05. The van der Waals surface area contributed by atoms with E-state index in [1.165, 1.54) is 26.1 Å². The Bertz CT molecular complexity index is 3080. The summed E-state index contributed by atoms with van der Waals surface area (Å²) in [6, 6.07) is 7.46. The van der Waals surface area contributed by atoms with Crippen molar-refractivity contribution in [3.63, 3.8) is 0 Å². The quantitative estimate of drug-likeness (QED) is 0.0730. The van der Waals surface area contributed by atoms with E-state index in [2.05, 4.69) is 50.7 Å². The molecule has 0 aliphatic heterocycles. The smallest absolute Gasteiger partial charge is 0.464 e. The third-order valence-corrected chi connectivity index (χ3v) is 9.48. The van der Waals surface area contributed by atoms with Gasteiger partial charge in [-0.15, -0.1) is 26.3 Å². The van der Waals surface area contributed by atoms with Crippen molar-refractivity contribution in [1.29, 1.82) is 0 Å². The number of rotatable bonds is 11. The SMILES string of the molecule is COC(=O)c1cc(NC(=O)c2c(Oc3ccc(OC(F)(F)F)c(F)c3)ccc(C(F)(F)F)c2F)c(C)cn1.Cc1cnc(Br)cc1NC(=O)c1c(Oc2ccc(OC(F)(F)F)c(F)c2)ccc(C(F)(F)F)c1F. The molecule has 73 heavy (non-hydrogen) atoms. The predicted octanol–water partition coefficient (Wildman–Crippen LogP) is 13.8. The van der Waals surface area contributed by atoms with E-state index >= 15 is 4.39 Å². The van der Waals surface area contributed by atoms with Crippen molar-refractivity contribution in [3.05, 3.63) is 152 Å². The molecule has 0 spiro atoms. The van der Waals surface area contributed by atoms with Gasteiger partial charge < -0.3 is 34.3 Å². The molecule has 6 aromatic rings. The Morgan fingerprint density at radius 1 is 0.534 bits per heavy atom. The summed E-state index contributed by atoms with van der Waals surface area (Å²) < 4.78 is 234. The second-order valence-electron chi connectivity index (χ2n) is 14.2. The van der Waals surface area contributed by atoms with Crippen LogP contribution in [0.4, 0.5) is 81.6 Å². The Hall–Kier alpha value is -7.85. The van der Waals surface area contributed by atoms with Gasteiger partial charge in [-0.3, -0.25) is 9.59 Å². The highest BCUT2D eigenvalue weighted by Crippen LogP contribution is 2.41. The lowest BCUT2D eigenvalue weighted by molar-refractivity contribution is -0.276. The lowest BCUT2D eigenvalue weighted by Crippen LogP contribution is -2.20. The normalized spacial score (nSPS) is 11.7. The first kappa shape index (κ1) is 56.1. The minimum Gasteiger partial charge on any atom is -0.464 e. The Balaban J connectivity index is 0.000000272. The van der Waals surface area contributed by atoms with Crippen LogP contribution in [0.2, 0.25) is 0 Å². The number of aryl methyl sites for hydroxylation is 2. The number of halogens is 17. The largest absolute Gasteiger partial charge is 0.573 e. The molecule has 4 aromatic carbocycles. The first-order valence-electron chi connectivity index (χ1n) is 19.3. The molecule has 388 valence electrons. The third kappa shape index (κ3) is 14.6. The van der Waals surface area contributed by atoms with Crippen molar-refractivity contribution in [3.8, 4) is 34.5 Å². The van der Waals surface area contributed by atoms with Gasteiger partial charge in [0.05, 0.1) is 18.2 Å². The molecule has 0 fully saturated rings. The number of carbonyl (C=O) groups excluding carboxylic acids is 3. The minimum atomic E-state index is -5.23. The number of methoxy groups -OCH3 is 1. The highest BCUT2D eigenvalue weighted by molar-refractivity contribution is 9.10. The van der Waals surface area contributed by atoms with Crippen LogP contribution < -0.4 is 29.6 Å². The number of hydrogen-bond donors (Lipinski definition) is 2. The first-order valence-corrected chi connectivity index (χ1v) is 20.1. The van der Waals surface area contributed by atoms with E-state index in [4.69, 9.17) is 9.47 Å². The van der Waals surface area contributed by atoms with E-state index in [1.807, 2.05) is 0 Å². The van der Waals surface area contributed by atoms with Crippen LogP contribution in [0.5, 0.6) is 34.5 Å². The summed E-state index contributed by atoms with van der Waals surface area (Å²) in [5, 5.41) is 4.39. The van der Waals surface area contributed by atoms with Crippen molar-refractivity contribution < 1.29 is 108 Å². The van der Waals surface area contributed by atoms with E-state index in [0.29, 0.717) is 48.0 Å². The van der Waals surface area contributed by atoms with Gasteiger partial charge in [0.25, 0.3) is 11.8 Å². The van der Waals surface area contributed by atoms with Crippen LogP contribution in [0.15, 0.2) is 89.8 Å². The number of carbonyl (C=O) groups is 3. The molecule has 0 radical (unpaired) electrons. The molecule has 2 aromatic heterocycles. The fraction of sp³-hybridized carbons (Fsp3) is 0.159. The lowest BCUT2D eigenvalue weighted by atomic mass is 10.1. The van der Waals surface area contributed by atoms with Crippen molar-refractivity contribution in [1.82, 2.24) is 9.97 Å². The predicted molar refractivity (Wildman–Crippen MR) is 222 cm³/mol. The molecule has 0 aliphatic carbocycles. The number of alkyl halides is 12. The van der Waals surface area contributed by atoms with E-state index in [1.54, 1.807) is 0 Å². The van der Waals surface area contributed by atoms with E-state index in [0.717, 1.165) is 31.5 Å². The van der Waals surface area contributed by atoms with Crippen LogP contribution in [0, 0.1) is 37.1 Å². The van der Waals surface area contributed by atoms with E-state index in [-0.39, 0.29) is 33.3 Å². The van der Waals surface area contributed by atoms with Crippen molar-refractivity contribution in [2.45, 2.75) is 38.9 Å². The average Bonchev–Trinajstić information content (AvgIpc) is 3.26. The molecule has 2 amide bonds. The van der Waals surface area contributed by atoms with Crippen molar-refractivity contribution >= 4 is 45.1 Å². The van der Waals surface area contributed by atoms with Crippen LogP contribution in [-0.4, -0.2) is 47.6 Å². The lowest BCUT2D eigenvalue weighted by Gasteiger charge is -2.17.